The van der Waals surface area contributed by atoms with Crippen LogP contribution in [-0.4, -0.2) is 46.0 Å². The van der Waals surface area contributed by atoms with Crippen molar-refractivity contribution < 1.29 is 9.47 Å². The lowest BCUT2D eigenvalue weighted by molar-refractivity contribution is 0.183. The second-order valence-electron chi connectivity index (χ2n) is 5.31. The van der Waals surface area contributed by atoms with Crippen molar-refractivity contribution in [3.63, 3.8) is 0 Å². The average Bonchev–Trinajstić information content (AvgIpc) is 2.80. The first-order valence-corrected chi connectivity index (χ1v) is 7.10. The van der Waals surface area contributed by atoms with Crippen molar-refractivity contribution in [2.24, 2.45) is 5.92 Å². The highest BCUT2D eigenvalue weighted by Crippen LogP contribution is 2.31. The molecule has 0 bridgehead atoms. The van der Waals surface area contributed by atoms with Gasteiger partial charge in [0.1, 0.15) is 5.75 Å². The second kappa shape index (κ2) is 5.80. The molecule has 0 amide bonds. The molecule has 0 spiro atoms. The molecule has 1 fully saturated rings. The van der Waals surface area contributed by atoms with Crippen molar-refractivity contribution in [1.82, 2.24) is 5.32 Å². The number of likely N-dealkylation sites (N-methyl/N-ethyl adjacent to an activating group) is 1. The van der Waals surface area contributed by atoms with Crippen molar-refractivity contribution in [1.29, 1.82) is 0 Å². The molecule has 2 atom stereocenters. The number of hydrogen-bond donors (Lipinski definition) is 1. The van der Waals surface area contributed by atoms with E-state index in [0.717, 1.165) is 45.1 Å². The predicted molar refractivity (Wildman–Crippen MR) is 75.9 cm³/mol. The van der Waals surface area contributed by atoms with Gasteiger partial charge in [-0.15, -0.1) is 0 Å². The normalized spacial score (nSPS) is 26.7. The monoisotopic (exact) mass is 262 g/mol. The van der Waals surface area contributed by atoms with Gasteiger partial charge >= 0.3 is 0 Å². The van der Waals surface area contributed by atoms with Gasteiger partial charge in [0.25, 0.3) is 0 Å². The summed E-state index contributed by atoms with van der Waals surface area (Å²) >= 11 is 0. The van der Waals surface area contributed by atoms with Crippen LogP contribution in [0.3, 0.4) is 0 Å². The lowest BCUT2D eigenvalue weighted by Gasteiger charge is -2.28. The maximum atomic E-state index is 5.81. The molecular formula is C15H22N2O2. The highest BCUT2D eigenvalue weighted by atomic mass is 16.5. The highest BCUT2D eigenvalue weighted by Gasteiger charge is 2.29. The first-order chi connectivity index (χ1) is 9.38. The van der Waals surface area contributed by atoms with E-state index in [-0.39, 0.29) is 0 Å². The molecule has 0 aromatic heterocycles. The fourth-order valence-electron chi connectivity index (χ4n) is 2.97. The number of ether oxygens (including phenoxy) is 2. The van der Waals surface area contributed by atoms with E-state index in [1.54, 1.807) is 0 Å². The lowest BCUT2D eigenvalue weighted by Crippen LogP contribution is -2.40. The average molecular weight is 262 g/mol. The van der Waals surface area contributed by atoms with Crippen LogP contribution in [0.4, 0.5) is 5.69 Å². The quantitative estimate of drug-likeness (QED) is 0.895. The maximum absolute atomic E-state index is 5.81. The Kier molecular flexibility index (Phi) is 3.89. The standard InChI is InChI=1S/C15H22N2O2/c1-16-13-11-18-10-12(13)9-17-7-4-8-19-15-6-3-2-5-14(15)17/h2-3,5-6,12-13,16H,4,7-11H2,1H3. The molecule has 4 heteroatoms. The van der Waals surface area contributed by atoms with Crippen LogP contribution in [0.25, 0.3) is 0 Å². The predicted octanol–water partition coefficient (Wildman–Crippen LogP) is 1.51. The molecule has 2 aliphatic heterocycles. The fourth-order valence-corrected chi connectivity index (χ4v) is 2.97. The molecule has 1 aromatic rings. The first-order valence-electron chi connectivity index (χ1n) is 7.10. The minimum atomic E-state index is 0.469. The van der Waals surface area contributed by atoms with E-state index in [1.807, 2.05) is 13.1 Å². The molecular weight excluding hydrogens is 240 g/mol. The van der Waals surface area contributed by atoms with Crippen LogP contribution in [0, 0.1) is 5.92 Å². The SMILES string of the molecule is CNC1COCC1CN1CCCOc2ccccc21. The molecule has 1 N–H and O–H groups in total. The van der Waals surface area contributed by atoms with Crippen LogP contribution in [0.2, 0.25) is 0 Å². The van der Waals surface area contributed by atoms with Crippen LogP contribution in [0.1, 0.15) is 6.42 Å². The zero-order chi connectivity index (χ0) is 13.1. The summed E-state index contributed by atoms with van der Waals surface area (Å²) < 4.78 is 11.4. The van der Waals surface area contributed by atoms with E-state index in [0.29, 0.717) is 12.0 Å². The molecule has 2 heterocycles. The van der Waals surface area contributed by atoms with Gasteiger partial charge in [-0.05, 0) is 25.6 Å². The molecule has 19 heavy (non-hydrogen) atoms. The number of hydrogen-bond acceptors (Lipinski definition) is 4. The largest absolute Gasteiger partial charge is 0.491 e. The number of rotatable bonds is 3. The van der Waals surface area contributed by atoms with Crippen LogP contribution < -0.4 is 15.0 Å². The summed E-state index contributed by atoms with van der Waals surface area (Å²) in [5.74, 6) is 1.57. The van der Waals surface area contributed by atoms with Crippen LogP contribution in [0.15, 0.2) is 24.3 Å². The highest BCUT2D eigenvalue weighted by molar-refractivity contribution is 5.59. The number of fused-ring (bicyclic) bond motifs is 1. The first kappa shape index (κ1) is 12.8. The maximum Gasteiger partial charge on any atom is 0.142 e. The Morgan fingerprint density at radius 1 is 1.32 bits per heavy atom. The van der Waals surface area contributed by atoms with E-state index in [1.165, 1.54) is 5.69 Å². The number of para-hydroxylation sites is 2. The van der Waals surface area contributed by atoms with Crippen molar-refractivity contribution >= 4 is 5.69 Å². The third-order valence-corrected chi connectivity index (χ3v) is 4.06. The minimum Gasteiger partial charge on any atom is -0.491 e. The number of nitrogens with zero attached hydrogens (tertiary/aromatic N) is 1. The third kappa shape index (κ3) is 2.69. The van der Waals surface area contributed by atoms with Gasteiger partial charge in [-0.2, -0.15) is 0 Å². The molecule has 0 radical (unpaired) electrons. The van der Waals surface area contributed by atoms with Crippen molar-refractivity contribution in [3.05, 3.63) is 24.3 Å². The third-order valence-electron chi connectivity index (χ3n) is 4.06. The Morgan fingerprint density at radius 3 is 3.11 bits per heavy atom. The van der Waals surface area contributed by atoms with Crippen LogP contribution >= 0.6 is 0 Å². The van der Waals surface area contributed by atoms with Gasteiger partial charge in [-0.1, -0.05) is 12.1 Å². The minimum absolute atomic E-state index is 0.469. The summed E-state index contributed by atoms with van der Waals surface area (Å²) in [6.45, 7) is 4.58. The van der Waals surface area contributed by atoms with Gasteiger partial charge in [-0.3, -0.25) is 0 Å². The molecule has 0 saturated carbocycles. The summed E-state index contributed by atoms with van der Waals surface area (Å²) in [4.78, 5) is 2.45. The molecule has 2 aliphatic rings. The summed E-state index contributed by atoms with van der Waals surface area (Å²) in [7, 11) is 2.02. The Hall–Kier alpha value is -1.26. The Morgan fingerprint density at radius 2 is 2.21 bits per heavy atom. The number of benzene rings is 1. The Labute approximate surface area is 114 Å². The molecule has 3 rings (SSSR count). The van der Waals surface area contributed by atoms with Gasteiger partial charge < -0.3 is 19.7 Å². The van der Waals surface area contributed by atoms with Gasteiger partial charge in [0.05, 0.1) is 25.5 Å². The van der Waals surface area contributed by atoms with Gasteiger partial charge in [0.2, 0.25) is 0 Å². The molecule has 104 valence electrons. The van der Waals surface area contributed by atoms with Gasteiger partial charge in [0.15, 0.2) is 0 Å². The van der Waals surface area contributed by atoms with Gasteiger partial charge in [-0.25, -0.2) is 0 Å². The summed E-state index contributed by atoms with van der Waals surface area (Å²) in [6, 6.07) is 8.81. The van der Waals surface area contributed by atoms with E-state index >= 15 is 0 Å². The molecule has 4 nitrogen and oxygen atoms in total. The van der Waals surface area contributed by atoms with Crippen molar-refractivity contribution in [3.8, 4) is 5.75 Å². The van der Waals surface area contributed by atoms with E-state index in [4.69, 9.17) is 9.47 Å². The van der Waals surface area contributed by atoms with E-state index in [9.17, 15) is 0 Å². The van der Waals surface area contributed by atoms with Gasteiger partial charge in [0, 0.05) is 25.0 Å². The van der Waals surface area contributed by atoms with Crippen LogP contribution in [0.5, 0.6) is 5.75 Å². The fraction of sp³-hybridized carbons (Fsp3) is 0.600. The lowest BCUT2D eigenvalue weighted by atomic mass is 10.0. The van der Waals surface area contributed by atoms with Crippen molar-refractivity contribution in [2.45, 2.75) is 12.5 Å². The molecule has 0 aliphatic carbocycles. The van der Waals surface area contributed by atoms with Crippen molar-refractivity contribution in [2.75, 3.05) is 44.9 Å². The molecule has 1 aromatic carbocycles. The Balaban J connectivity index is 1.77. The van der Waals surface area contributed by atoms with Crippen LogP contribution in [-0.2, 0) is 4.74 Å². The zero-order valence-electron chi connectivity index (χ0n) is 11.5. The summed E-state index contributed by atoms with van der Waals surface area (Å²) in [5.41, 5.74) is 1.22. The molecule has 2 unspecified atom stereocenters. The summed E-state index contributed by atoms with van der Waals surface area (Å²) in [6.07, 6.45) is 1.08. The van der Waals surface area contributed by atoms with E-state index < -0.39 is 0 Å². The summed E-state index contributed by atoms with van der Waals surface area (Å²) in [5, 5.41) is 3.36. The number of nitrogens with one attached hydrogen (secondary N) is 1. The molecule has 1 saturated heterocycles. The smallest absolute Gasteiger partial charge is 0.142 e. The number of anilines is 1. The second-order valence-corrected chi connectivity index (χ2v) is 5.31. The van der Waals surface area contributed by atoms with E-state index in [2.05, 4.69) is 28.4 Å². The Bertz CT molecular complexity index is 424. The zero-order valence-corrected chi connectivity index (χ0v) is 11.5. The topological polar surface area (TPSA) is 33.7 Å².